The number of piperidine rings is 1. The predicted molar refractivity (Wildman–Crippen MR) is 73.4 cm³/mol. The normalized spacial score (nSPS) is 20.5. The van der Waals surface area contributed by atoms with Crippen LogP contribution in [-0.4, -0.2) is 45.8 Å². The summed E-state index contributed by atoms with van der Waals surface area (Å²) in [6.45, 7) is 3.88. The average Bonchev–Trinajstić information content (AvgIpc) is 2.66. The van der Waals surface area contributed by atoms with Crippen molar-refractivity contribution in [2.24, 2.45) is 7.05 Å². The number of aryl methyl sites for hydroxylation is 2. The molecule has 0 aliphatic carbocycles. The van der Waals surface area contributed by atoms with E-state index in [1.54, 1.807) is 11.7 Å². The van der Waals surface area contributed by atoms with Gasteiger partial charge in [0.1, 0.15) is 5.69 Å². The van der Waals surface area contributed by atoms with Crippen molar-refractivity contribution in [1.29, 1.82) is 0 Å². The summed E-state index contributed by atoms with van der Waals surface area (Å²) in [4.78, 5) is 13.1. The second-order valence-corrected chi connectivity index (χ2v) is 5.12. The summed E-state index contributed by atoms with van der Waals surface area (Å²) in [5.74, 6) is 0.530. The zero-order valence-corrected chi connectivity index (χ0v) is 11.7. The Hall–Kier alpha value is -1.63. The first-order valence-electron chi connectivity index (χ1n) is 6.68. The summed E-state index contributed by atoms with van der Waals surface area (Å²) in [5.41, 5.74) is 0.664. The van der Waals surface area contributed by atoms with Crippen LogP contribution < -0.4 is 5.32 Å². The third-order valence-corrected chi connectivity index (χ3v) is 3.57. The van der Waals surface area contributed by atoms with Gasteiger partial charge < -0.3 is 10.2 Å². The van der Waals surface area contributed by atoms with E-state index >= 15 is 0 Å². The molecule has 1 saturated heterocycles. The standard InChI is InChI=1S/C12H21N5O2/c1-4-10-11(17(18)19)12(16(3)14-10)13-9-6-5-7-15(2)8-9/h9,13H,4-8H2,1-3H3. The number of hydrogen-bond acceptors (Lipinski definition) is 5. The van der Waals surface area contributed by atoms with Crippen LogP contribution in [0.15, 0.2) is 0 Å². The van der Waals surface area contributed by atoms with Crippen molar-refractivity contribution < 1.29 is 4.92 Å². The number of aromatic nitrogens is 2. The van der Waals surface area contributed by atoms with Gasteiger partial charge in [-0.2, -0.15) is 5.10 Å². The second-order valence-electron chi connectivity index (χ2n) is 5.12. The van der Waals surface area contributed by atoms with E-state index in [0.717, 1.165) is 25.9 Å². The zero-order valence-electron chi connectivity index (χ0n) is 11.7. The van der Waals surface area contributed by atoms with Gasteiger partial charge in [-0.15, -0.1) is 0 Å². The van der Waals surface area contributed by atoms with Crippen LogP contribution >= 0.6 is 0 Å². The van der Waals surface area contributed by atoms with Gasteiger partial charge in [0.2, 0.25) is 5.82 Å². The molecule has 106 valence electrons. The minimum absolute atomic E-state index is 0.123. The molecule has 0 saturated carbocycles. The number of rotatable bonds is 4. The third-order valence-electron chi connectivity index (χ3n) is 3.57. The van der Waals surface area contributed by atoms with Crippen molar-refractivity contribution in [2.75, 3.05) is 25.5 Å². The molecule has 1 aliphatic rings. The molecule has 1 N–H and O–H groups in total. The summed E-state index contributed by atoms with van der Waals surface area (Å²) >= 11 is 0. The van der Waals surface area contributed by atoms with Crippen LogP contribution in [0.4, 0.5) is 11.5 Å². The lowest BCUT2D eigenvalue weighted by atomic mass is 10.1. The van der Waals surface area contributed by atoms with Crippen molar-refractivity contribution in [3.63, 3.8) is 0 Å². The van der Waals surface area contributed by atoms with Crippen molar-refractivity contribution in [3.8, 4) is 0 Å². The molecule has 1 atom stereocenters. The number of nitro groups is 1. The Morgan fingerprint density at radius 2 is 2.26 bits per heavy atom. The molecule has 7 nitrogen and oxygen atoms in total. The Kier molecular flexibility index (Phi) is 4.04. The molecular weight excluding hydrogens is 246 g/mol. The Bertz CT molecular complexity index is 471. The van der Waals surface area contributed by atoms with Crippen LogP contribution in [0, 0.1) is 10.1 Å². The highest BCUT2D eigenvalue weighted by molar-refractivity contribution is 5.60. The summed E-state index contributed by atoms with van der Waals surface area (Å²) in [6, 6.07) is 0.248. The van der Waals surface area contributed by atoms with E-state index in [0.29, 0.717) is 17.9 Å². The molecule has 19 heavy (non-hydrogen) atoms. The maximum Gasteiger partial charge on any atom is 0.333 e. The Morgan fingerprint density at radius 3 is 2.84 bits per heavy atom. The maximum absolute atomic E-state index is 11.2. The fourth-order valence-electron chi connectivity index (χ4n) is 2.64. The van der Waals surface area contributed by atoms with Gasteiger partial charge in [0.25, 0.3) is 0 Å². The topological polar surface area (TPSA) is 76.2 Å². The van der Waals surface area contributed by atoms with Crippen molar-refractivity contribution in [3.05, 3.63) is 15.8 Å². The second kappa shape index (κ2) is 5.56. The summed E-state index contributed by atoms with van der Waals surface area (Å²) in [6.07, 6.45) is 2.71. The highest BCUT2D eigenvalue weighted by Crippen LogP contribution is 2.29. The molecule has 2 heterocycles. The van der Waals surface area contributed by atoms with Crippen LogP contribution in [0.25, 0.3) is 0 Å². The minimum Gasteiger partial charge on any atom is -0.361 e. The molecule has 1 aromatic heterocycles. The first-order chi connectivity index (χ1) is 9.02. The van der Waals surface area contributed by atoms with Crippen LogP contribution in [0.1, 0.15) is 25.5 Å². The number of nitrogens with one attached hydrogen (secondary N) is 1. The first-order valence-corrected chi connectivity index (χ1v) is 6.68. The molecule has 1 unspecified atom stereocenters. The van der Waals surface area contributed by atoms with Gasteiger partial charge in [-0.3, -0.25) is 10.1 Å². The third kappa shape index (κ3) is 2.86. The van der Waals surface area contributed by atoms with Crippen molar-refractivity contribution in [1.82, 2.24) is 14.7 Å². The monoisotopic (exact) mass is 267 g/mol. The van der Waals surface area contributed by atoms with Gasteiger partial charge in [-0.25, -0.2) is 4.68 Å². The van der Waals surface area contributed by atoms with Gasteiger partial charge in [0.15, 0.2) is 0 Å². The fraction of sp³-hybridized carbons (Fsp3) is 0.750. The van der Waals surface area contributed by atoms with E-state index in [-0.39, 0.29) is 16.7 Å². The van der Waals surface area contributed by atoms with Crippen molar-refractivity contribution in [2.45, 2.75) is 32.2 Å². The van der Waals surface area contributed by atoms with E-state index in [1.807, 2.05) is 6.92 Å². The van der Waals surface area contributed by atoms with E-state index in [1.165, 1.54) is 0 Å². The van der Waals surface area contributed by atoms with E-state index in [2.05, 4.69) is 22.4 Å². The molecule has 0 spiro atoms. The Balaban J connectivity index is 2.23. The predicted octanol–water partition coefficient (Wildman–Crippen LogP) is 1.40. The summed E-state index contributed by atoms with van der Waals surface area (Å²) in [5, 5.41) is 18.8. The highest BCUT2D eigenvalue weighted by atomic mass is 16.6. The zero-order chi connectivity index (χ0) is 14.0. The van der Waals surface area contributed by atoms with Crippen molar-refractivity contribution >= 4 is 11.5 Å². The average molecular weight is 267 g/mol. The molecular formula is C12H21N5O2. The van der Waals surface area contributed by atoms with Gasteiger partial charge in [-0.1, -0.05) is 6.92 Å². The molecule has 1 aromatic rings. The van der Waals surface area contributed by atoms with E-state index in [4.69, 9.17) is 0 Å². The van der Waals surface area contributed by atoms with Crippen LogP contribution in [0.2, 0.25) is 0 Å². The SMILES string of the molecule is CCc1nn(C)c(NC2CCCN(C)C2)c1[N+](=O)[O-]. The van der Waals surface area contributed by atoms with Crippen LogP contribution in [0.3, 0.4) is 0 Å². The van der Waals surface area contributed by atoms with Gasteiger partial charge in [-0.05, 0) is 32.9 Å². The molecule has 1 aliphatic heterocycles. The van der Waals surface area contributed by atoms with Gasteiger partial charge >= 0.3 is 5.69 Å². The minimum atomic E-state index is -0.333. The first kappa shape index (κ1) is 13.8. The number of nitrogens with zero attached hydrogens (tertiary/aromatic N) is 4. The number of anilines is 1. The molecule has 2 rings (SSSR count). The smallest absolute Gasteiger partial charge is 0.333 e. The largest absolute Gasteiger partial charge is 0.361 e. The molecule has 7 heteroatoms. The number of likely N-dealkylation sites (N-methyl/N-ethyl adjacent to an activating group) is 1. The van der Waals surface area contributed by atoms with E-state index < -0.39 is 0 Å². The molecule has 0 aromatic carbocycles. The Labute approximate surface area is 112 Å². The number of hydrogen-bond donors (Lipinski definition) is 1. The summed E-state index contributed by atoms with van der Waals surface area (Å²) < 4.78 is 1.59. The Morgan fingerprint density at radius 1 is 1.53 bits per heavy atom. The van der Waals surface area contributed by atoms with Crippen LogP contribution in [-0.2, 0) is 13.5 Å². The lowest BCUT2D eigenvalue weighted by molar-refractivity contribution is -0.384. The maximum atomic E-state index is 11.2. The lowest BCUT2D eigenvalue weighted by Crippen LogP contribution is -2.40. The highest BCUT2D eigenvalue weighted by Gasteiger charge is 2.28. The molecule has 0 amide bonds. The quantitative estimate of drug-likeness (QED) is 0.659. The molecule has 1 fully saturated rings. The van der Waals surface area contributed by atoms with E-state index in [9.17, 15) is 10.1 Å². The molecule has 0 bridgehead atoms. The van der Waals surface area contributed by atoms with Gasteiger partial charge in [0, 0.05) is 19.6 Å². The summed E-state index contributed by atoms with van der Waals surface area (Å²) in [7, 11) is 3.82. The fourth-order valence-corrected chi connectivity index (χ4v) is 2.64. The number of likely N-dealkylation sites (tertiary alicyclic amines) is 1. The van der Waals surface area contributed by atoms with Gasteiger partial charge in [0.05, 0.1) is 4.92 Å². The lowest BCUT2D eigenvalue weighted by Gasteiger charge is -2.30. The van der Waals surface area contributed by atoms with Crippen LogP contribution in [0.5, 0.6) is 0 Å². The molecule has 0 radical (unpaired) electrons.